The predicted octanol–water partition coefficient (Wildman–Crippen LogP) is 2.31. The highest BCUT2D eigenvalue weighted by Crippen LogP contribution is 2.27. The van der Waals surface area contributed by atoms with Crippen molar-refractivity contribution < 1.29 is 14.6 Å². The normalized spacial score (nSPS) is 13.5. The van der Waals surface area contributed by atoms with Gasteiger partial charge in [0, 0.05) is 6.42 Å². The Morgan fingerprint density at radius 2 is 1.62 bits per heavy atom. The lowest BCUT2D eigenvalue weighted by molar-refractivity contribution is 0.161. The van der Waals surface area contributed by atoms with Gasteiger partial charge in [0.1, 0.15) is 0 Å². The maximum absolute atomic E-state index is 9.63. The molecule has 0 spiro atoms. The monoisotopic (exact) mass is 287 g/mol. The lowest BCUT2D eigenvalue weighted by atomic mass is 9.89. The first-order valence-electron chi connectivity index (χ1n) is 6.91. The molecule has 2 aromatic carbocycles. The van der Waals surface area contributed by atoms with Gasteiger partial charge in [-0.15, -0.1) is 0 Å². The molecule has 0 amide bonds. The molecule has 0 aromatic heterocycles. The summed E-state index contributed by atoms with van der Waals surface area (Å²) in [4.78, 5) is 0. The molecule has 0 aliphatic heterocycles. The topological polar surface area (TPSA) is 64.7 Å². The van der Waals surface area contributed by atoms with E-state index in [1.54, 1.807) is 7.11 Å². The van der Waals surface area contributed by atoms with Crippen LogP contribution in [0.1, 0.15) is 12.0 Å². The van der Waals surface area contributed by atoms with Gasteiger partial charge in [-0.05, 0) is 17.7 Å². The minimum absolute atomic E-state index is 0.133. The molecule has 0 saturated heterocycles. The average Bonchev–Trinajstić information content (AvgIpc) is 2.56. The third-order valence-corrected chi connectivity index (χ3v) is 3.51. The minimum atomic E-state index is -0.802. The van der Waals surface area contributed by atoms with Crippen LogP contribution in [-0.2, 0) is 5.54 Å². The van der Waals surface area contributed by atoms with Crippen LogP contribution in [0.4, 0.5) is 0 Å². The summed E-state index contributed by atoms with van der Waals surface area (Å²) in [7, 11) is 1.60. The molecule has 0 aliphatic rings. The summed E-state index contributed by atoms with van der Waals surface area (Å²) in [5.41, 5.74) is 6.39. The molecule has 0 fully saturated rings. The molecule has 2 rings (SSSR count). The fourth-order valence-electron chi connectivity index (χ4n) is 2.17. The Kier molecular flexibility index (Phi) is 5.20. The standard InChI is InChI=1S/C17H21NO3/c1-20-15-9-5-6-10-16(15)21-12-11-17(18,13-19)14-7-3-2-4-8-14/h2-10,19H,11-13,18H2,1H3. The van der Waals surface area contributed by atoms with Crippen LogP contribution >= 0.6 is 0 Å². The van der Waals surface area contributed by atoms with E-state index in [4.69, 9.17) is 15.2 Å². The fraction of sp³-hybridized carbons (Fsp3) is 0.294. The van der Waals surface area contributed by atoms with Crippen molar-refractivity contribution >= 4 is 0 Å². The number of aliphatic hydroxyl groups excluding tert-OH is 1. The number of aliphatic hydroxyl groups is 1. The van der Waals surface area contributed by atoms with Crippen LogP contribution in [0, 0.1) is 0 Å². The van der Waals surface area contributed by atoms with Gasteiger partial charge in [0.15, 0.2) is 11.5 Å². The number of methoxy groups -OCH3 is 1. The molecule has 4 nitrogen and oxygen atoms in total. The molecule has 1 unspecified atom stereocenters. The molecule has 0 saturated carbocycles. The fourth-order valence-corrected chi connectivity index (χ4v) is 2.17. The first-order chi connectivity index (χ1) is 10.2. The second kappa shape index (κ2) is 7.11. The van der Waals surface area contributed by atoms with E-state index < -0.39 is 5.54 Å². The molecule has 21 heavy (non-hydrogen) atoms. The van der Waals surface area contributed by atoms with Gasteiger partial charge >= 0.3 is 0 Å². The SMILES string of the molecule is COc1ccccc1OCCC(N)(CO)c1ccccc1. The van der Waals surface area contributed by atoms with Gasteiger partial charge in [0.2, 0.25) is 0 Å². The van der Waals surface area contributed by atoms with Gasteiger partial charge in [0.05, 0.1) is 25.9 Å². The van der Waals surface area contributed by atoms with Gasteiger partial charge in [-0.1, -0.05) is 42.5 Å². The van der Waals surface area contributed by atoms with Crippen LogP contribution < -0.4 is 15.2 Å². The highest BCUT2D eigenvalue weighted by molar-refractivity contribution is 5.39. The number of hydrogen-bond donors (Lipinski definition) is 2. The number of ether oxygens (including phenoxy) is 2. The number of para-hydroxylation sites is 2. The molecule has 2 aromatic rings. The summed E-state index contributed by atoms with van der Waals surface area (Å²) >= 11 is 0. The largest absolute Gasteiger partial charge is 0.493 e. The van der Waals surface area contributed by atoms with E-state index in [-0.39, 0.29) is 6.61 Å². The van der Waals surface area contributed by atoms with E-state index in [1.807, 2.05) is 54.6 Å². The Morgan fingerprint density at radius 3 is 2.24 bits per heavy atom. The molecule has 1 atom stereocenters. The van der Waals surface area contributed by atoms with Crippen molar-refractivity contribution in [1.29, 1.82) is 0 Å². The van der Waals surface area contributed by atoms with Gasteiger partial charge in [-0.2, -0.15) is 0 Å². The number of benzene rings is 2. The van der Waals surface area contributed by atoms with Crippen molar-refractivity contribution in [1.82, 2.24) is 0 Å². The summed E-state index contributed by atoms with van der Waals surface area (Å²) in [6, 6.07) is 17.0. The van der Waals surface area contributed by atoms with Crippen molar-refractivity contribution in [2.75, 3.05) is 20.3 Å². The molecule has 4 heteroatoms. The molecule has 0 radical (unpaired) electrons. The number of rotatable bonds is 7. The van der Waals surface area contributed by atoms with Crippen LogP contribution in [0.5, 0.6) is 11.5 Å². The third kappa shape index (κ3) is 3.74. The maximum atomic E-state index is 9.63. The Hall–Kier alpha value is -2.04. The van der Waals surface area contributed by atoms with E-state index in [2.05, 4.69) is 0 Å². The molecule has 0 heterocycles. The summed E-state index contributed by atoms with van der Waals surface area (Å²) in [5, 5.41) is 9.63. The van der Waals surface area contributed by atoms with Crippen LogP contribution in [-0.4, -0.2) is 25.4 Å². The lowest BCUT2D eigenvalue weighted by Crippen LogP contribution is -2.41. The number of nitrogens with two attached hydrogens (primary N) is 1. The Balaban J connectivity index is 2.01. The Labute approximate surface area is 125 Å². The maximum Gasteiger partial charge on any atom is 0.161 e. The van der Waals surface area contributed by atoms with E-state index in [0.29, 0.717) is 24.5 Å². The molecule has 0 bridgehead atoms. The number of hydrogen-bond acceptors (Lipinski definition) is 4. The van der Waals surface area contributed by atoms with Crippen molar-refractivity contribution in [3.8, 4) is 11.5 Å². The lowest BCUT2D eigenvalue weighted by Gasteiger charge is -2.28. The van der Waals surface area contributed by atoms with Crippen molar-refractivity contribution in [3.63, 3.8) is 0 Å². The van der Waals surface area contributed by atoms with Crippen LogP contribution in [0.2, 0.25) is 0 Å². The second-order valence-electron chi connectivity index (χ2n) is 4.93. The Morgan fingerprint density at radius 1 is 1.00 bits per heavy atom. The van der Waals surface area contributed by atoms with E-state index in [9.17, 15) is 5.11 Å². The van der Waals surface area contributed by atoms with Crippen LogP contribution in [0.25, 0.3) is 0 Å². The van der Waals surface area contributed by atoms with Gasteiger partial charge in [-0.3, -0.25) is 0 Å². The quantitative estimate of drug-likeness (QED) is 0.820. The van der Waals surface area contributed by atoms with Gasteiger partial charge in [0.25, 0.3) is 0 Å². The summed E-state index contributed by atoms with van der Waals surface area (Å²) < 4.78 is 11.0. The van der Waals surface area contributed by atoms with Gasteiger partial charge < -0.3 is 20.3 Å². The van der Waals surface area contributed by atoms with E-state index in [1.165, 1.54) is 0 Å². The molecule has 3 N–H and O–H groups in total. The summed E-state index contributed by atoms with van der Waals surface area (Å²) in [6.07, 6.45) is 0.506. The zero-order valence-electron chi connectivity index (χ0n) is 12.2. The van der Waals surface area contributed by atoms with Crippen LogP contribution in [0.15, 0.2) is 54.6 Å². The van der Waals surface area contributed by atoms with E-state index in [0.717, 1.165) is 5.56 Å². The van der Waals surface area contributed by atoms with Crippen molar-refractivity contribution in [3.05, 3.63) is 60.2 Å². The third-order valence-electron chi connectivity index (χ3n) is 3.51. The molecule has 112 valence electrons. The first-order valence-corrected chi connectivity index (χ1v) is 6.91. The summed E-state index contributed by atoms with van der Waals surface area (Å²) in [5.74, 6) is 1.36. The second-order valence-corrected chi connectivity index (χ2v) is 4.93. The Bertz CT molecular complexity index is 559. The molecular weight excluding hydrogens is 266 g/mol. The van der Waals surface area contributed by atoms with Crippen LogP contribution in [0.3, 0.4) is 0 Å². The summed E-state index contributed by atoms with van der Waals surface area (Å²) in [6.45, 7) is 0.263. The molecular formula is C17H21NO3. The predicted molar refractivity (Wildman–Crippen MR) is 82.5 cm³/mol. The van der Waals surface area contributed by atoms with Crippen molar-refractivity contribution in [2.24, 2.45) is 5.73 Å². The molecule has 0 aliphatic carbocycles. The minimum Gasteiger partial charge on any atom is -0.493 e. The van der Waals surface area contributed by atoms with E-state index >= 15 is 0 Å². The zero-order chi connectivity index (χ0) is 15.1. The van der Waals surface area contributed by atoms with Gasteiger partial charge in [-0.25, -0.2) is 0 Å². The highest BCUT2D eigenvalue weighted by Gasteiger charge is 2.26. The van der Waals surface area contributed by atoms with Crippen molar-refractivity contribution in [2.45, 2.75) is 12.0 Å². The average molecular weight is 287 g/mol. The smallest absolute Gasteiger partial charge is 0.161 e. The zero-order valence-corrected chi connectivity index (χ0v) is 12.2. The highest BCUT2D eigenvalue weighted by atomic mass is 16.5. The first kappa shape index (κ1) is 15.4.